The van der Waals surface area contributed by atoms with Gasteiger partial charge in [-0.25, -0.2) is 0 Å². The molecule has 12 heavy (non-hydrogen) atoms. The summed E-state index contributed by atoms with van der Waals surface area (Å²) in [5, 5.41) is 0. The van der Waals surface area contributed by atoms with Crippen molar-refractivity contribution in [1.29, 1.82) is 0 Å². The van der Waals surface area contributed by atoms with Crippen molar-refractivity contribution in [3.8, 4) is 24.2 Å². The maximum atomic E-state index is 5.63. The fraction of sp³-hybridized carbons (Fsp3) is 0. The average molecular weight is 156 g/mol. The third-order valence-electron chi connectivity index (χ3n) is 1.41. The SMILES string of the molecule is C#CC#Cc1cccc(N)c1N. The van der Waals surface area contributed by atoms with E-state index in [0.717, 1.165) is 0 Å². The van der Waals surface area contributed by atoms with Gasteiger partial charge in [-0.1, -0.05) is 12.0 Å². The summed E-state index contributed by atoms with van der Waals surface area (Å²) in [4.78, 5) is 0. The molecule has 0 fully saturated rings. The van der Waals surface area contributed by atoms with Crippen LogP contribution in [0.5, 0.6) is 0 Å². The molecule has 0 spiro atoms. The molecule has 0 saturated carbocycles. The molecule has 0 saturated heterocycles. The van der Waals surface area contributed by atoms with Crippen LogP contribution in [-0.2, 0) is 0 Å². The smallest absolute Gasteiger partial charge is 0.0707 e. The first-order valence-corrected chi connectivity index (χ1v) is 3.36. The Balaban J connectivity index is 3.19. The number of nitrogen functional groups attached to an aromatic ring is 2. The standard InChI is InChI=1S/C10H8N2/c1-2-3-5-8-6-4-7-9(11)10(8)12/h1,4,6-7H,11-12H2. The van der Waals surface area contributed by atoms with Gasteiger partial charge in [-0.3, -0.25) is 0 Å². The third-order valence-corrected chi connectivity index (χ3v) is 1.41. The Morgan fingerprint density at radius 1 is 1.25 bits per heavy atom. The van der Waals surface area contributed by atoms with Crippen LogP contribution in [0.1, 0.15) is 5.56 Å². The van der Waals surface area contributed by atoms with Crippen molar-refractivity contribution in [2.24, 2.45) is 0 Å². The molecular weight excluding hydrogens is 148 g/mol. The first-order valence-electron chi connectivity index (χ1n) is 3.36. The Morgan fingerprint density at radius 2 is 2.00 bits per heavy atom. The summed E-state index contributed by atoms with van der Waals surface area (Å²) in [6.07, 6.45) is 4.97. The maximum Gasteiger partial charge on any atom is 0.0707 e. The molecule has 0 radical (unpaired) electrons. The topological polar surface area (TPSA) is 52.0 Å². The molecule has 2 nitrogen and oxygen atoms in total. The second kappa shape index (κ2) is 3.37. The van der Waals surface area contributed by atoms with Crippen LogP contribution in [-0.4, -0.2) is 0 Å². The Kier molecular flexibility index (Phi) is 2.26. The Labute approximate surface area is 71.6 Å². The van der Waals surface area contributed by atoms with Gasteiger partial charge in [-0.15, -0.1) is 6.42 Å². The van der Waals surface area contributed by atoms with Crippen LogP contribution in [0, 0.1) is 24.2 Å². The van der Waals surface area contributed by atoms with E-state index in [2.05, 4.69) is 17.8 Å². The molecule has 58 valence electrons. The Hall–Kier alpha value is -2.06. The zero-order valence-corrected chi connectivity index (χ0v) is 6.46. The fourth-order valence-corrected chi connectivity index (χ4v) is 0.795. The van der Waals surface area contributed by atoms with Gasteiger partial charge in [-0.05, 0) is 24.0 Å². The summed E-state index contributed by atoms with van der Waals surface area (Å²) in [5.74, 6) is 7.39. The first-order chi connectivity index (χ1) is 5.75. The van der Waals surface area contributed by atoms with Gasteiger partial charge in [0.15, 0.2) is 0 Å². The monoisotopic (exact) mass is 156 g/mol. The number of terminal acetylenes is 1. The molecule has 0 aliphatic rings. The number of hydrogen-bond acceptors (Lipinski definition) is 2. The number of para-hydroxylation sites is 1. The lowest BCUT2D eigenvalue weighted by Crippen LogP contribution is -1.96. The largest absolute Gasteiger partial charge is 0.397 e. The van der Waals surface area contributed by atoms with Gasteiger partial charge in [-0.2, -0.15) is 0 Å². The lowest BCUT2D eigenvalue weighted by molar-refractivity contribution is 1.62. The molecule has 0 aliphatic heterocycles. The van der Waals surface area contributed by atoms with E-state index in [1.54, 1.807) is 18.2 Å². The van der Waals surface area contributed by atoms with Crippen molar-refractivity contribution in [2.75, 3.05) is 11.5 Å². The van der Waals surface area contributed by atoms with Gasteiger partial charge >= 0.3 is 0 Å². The zero-order valence-electron chi connectivity index (χ0n) is 6.46. The maximum absolute atomic E-state index is 5.63. The van der Waals surface area contributed by atoms with E-state index in [9.17, 15) is 0 Å². The highest BCUT2D eigenvalue weighted by Gasteiger charge is 1.97. The molecule has 1 aromatic carbocycles. The van der Waals surface area contributed by atoms with E-state index in [-0.39, 0.29) is 0 Å². The second-order valence-corrected chi connectivity index (χ2v) is 2.20. The van der Waals surface area contributed by atoms with Crippen molar-refractivity contribution in [3.05, 3.63) is 23.8 Å². The van der Waals surface area contributed by atoms with E-state index in [1.807, 2.05) is 0 Å². The quantitative estimate of drug-likeness (QED) is 0.432. The lowest BCUT2D eigenvalue weighted by Gasteiger charge is -2.00. The van der Waals surface area contributed by atoms with Crippen molar-refractivity contribution in [2.45, 2.75) is 0 Å². The van der Waals surface area contributed by atoms with Gasteiger partial charge in [0.1, 0.15) is 0 Å². The number of benzene rings is 1. The molecule has 0 bridgehead atoms. The molecule has 1 aromatic rings. The minimum Gasteiger partial charge on any atom is -0.397 e. The molecular formula is C10H8N2. The number of anilines is 2. The Bertz CT molecular complexity index is 389. The molecule has 4 N–H and O–H groups in total. The molecule has 2 heteroatoms. The second-order valence-electron chi connectivity index (χ2n) is 2.20. The number of nitrogens with two attached hydrogens (primary N) is 2. The summed E-state index contributed by atoms with van der Waals surface area (Å²) in [7, 11) is 0. The summed E-state index contributed by atoms with van der Waals surface area (Å²) >= 11 is 0. The van der Waals surface area contributed by atoms with Crippen LogP contribution >= 0.6 is 0 Å². The van der Waals surface area contributed by atoms with Crippen LogP contribution in [0.15, 0.2) is 18.2 Å². The van der Waals surface area contributed by atoms with E-state index in [0.29, 0.717) is 16.9 Å². The fourth-order valence-electron chi connectivity index (χ4n) is 0.795. The normalized spacial score (nSPS) is 7.92. The summed E-state index contributed by atoms with van der Waals surface area (Å²) in [5.41, 5.74) is 12.9. The van der Waals surface area contributed by atoms with Crippen LogP contribution in [0.3, 0.4) is 0 Å². The van der Waals surface area contributed by atoms with Crippen molar-refractivity contribution < 1.29 is 0 Å². The highest BCUT2D eigenvalue weighted by Crippen LogP contribution is 2.17. The summed E-state index contributed by atoms with van der Waals surface area (Å²) in [6, 6.07) is 5.28. The lowest BCUT2D eigenvalue weighted by atomic mass is 10.1. The van der Waals surface area contributed by atoms with E-state index < -0.39 is 0 Å². The van der Waals surface area contributed by atoms with Crippen LogP contribution in [0.4, 0.5) is 11.4 Å². The molecule has 1 rings (SSSR count). The van der Waals surface area contributed by atoms with Gasteiger partial charge in [0.05, 0.1) is 16.9 Å². The summed E-state index contributed by atoms with van der Waals surface area (Å²) in [6.45, 7) is 0. The molecule has 0 unspecified atom stereocenters. The molecule has 0 aliphatic carbocycles. The summed E-state index contributed by atoms with van der Waals surface area (Å²) < 4.78 is 0. The van der Waals surface area contributed by atoms with E-state index in [4.69, 9.17) is 17.9 Å². The van der Waals surface area contributed by atoms with E-state index in [1.165, 1.54) is 0 Å². The number of rotatable bonds is 0. The van der Waals surface area contributed by atoms with Gasteiger partial charge in [0, 0.05) is 0 Å². The molecule has 0 heterocycles. The number of hydrogen-bond donors (Lipinski definition) is 2. The van der Waals surface area contributed by atoms with Crippen LogP contribution in [0.2, 0.25) is 0 Å². The van der Waals surface area contributed by atoms with Crippen molar-refractivity contribution in [1.82, 2.24) is 0 Å². The highest BCUT2D eigenvalue weighted by molar-refractivity contribution is 5.71. The van der Waals surface area contributed by atoms with E-state index >= 15 is 0 Å². The minimum absolute atomic E-state index is 0.486. The predicted octanol–water partition coefficient (Wildman–Crippen LogP) is 0.836. The van der Waals surface area contributed by atoms with Crippen molar-refractivity contribution in [3.63, 3.8) is 0 Å². The highest BCUT2D eigenvalue weighted by atomic mass is 14.7. The van der Waals surface area contributed by atoms with Gasteiger partial charge in [0.2, 0.25) is 0 Å². The van der Waals surface area contributed by atoms with Crippen LogP contribution < -0.4 is 11.5 Å². The molecule has 0 aromatic heterocycles. The minimum atomic E-state index is 0.486. The van der Waals surface area contributed by atoms with Crippen LogP contribution in [0.25, 0.3) is 0 Å². The molecule has 0 atom stereocenters. The molecule has 0 amide bonds. The third kappa shape index (κ3) is 1.51. The predicted molar refractivity (Wildman–Crippen MR) is 51.0 cm³/mol. The first kappa shape index (κ1) is 8.04. The van der Waals surface area contributed by atoms with Gasteiger partial charge < -0.3 is 11.5 Å². The average Bonchev–Trinajstić information content (AvgIpc) is 2.08. The van der Waals surface area contributed by atoms with Gasteiger partial charge in [0.25, 0.3) is 0 Å². The Morgan fingerprint density at radius 3 is 2.67 bits per heavy atom. The zero-order chi connectivity index (χ0) is 8.97. The van der Waals surface area contributed by atoms with Crippen molar-refractivity contribution >= 4 is 11.4 Å².